The van der Waals surface area contributed by atoms with E-state index >= 15 is 0 Å². The van der Waals surface area contributed by atoms with E-state index in [1.54, 1.807) is 18.2 Å². The van der Waals surface area contributed by atoms with Crippen molar-refractivity contribution in [1.82, 2.24) is 0 Å². The topological polar surface area (TPSA) is 9.23 Å². The molecule has 0 aliphatic rings. The molecule has 1 atom stereocenters. The fourth-order valence-electron chi connectivity index (χ4n) is 1.12. The summed E-state index contributed by atoms with van der Waals surface area (Å²) in [5.41, 5.74) is 0.684. The van der Waals surface area contributed by atoms with Crippen LogP contribution in [0.5, 0.6) is 0 Å². The zero-order valence-corrected chi connectivity index (χ0v) is 12.3. The van der Waals surface area contributed by atoms with Crippen LogP contribution >= 0.6 is 43.5 Å². The van der Waals surface area contributed by atoms with Gasteiger partial charge in [0.25, 0.3) is 0 Å². The zero-order chi connectivity index (χ0) is 13.1. The van der Waals surface area contributed by atoms with E-state index in [1.807, 2.05) is 0 Å². The van der Waals surface area contributed by atoms with Crippen molar-refractivity contribution in [3.63, 3.8) is 0 Å². The van der Waals surface area contributed by atoms with Crippen molar-refractivity contribution in [1.29, 1.82) is 0 Å². The Kier molecular flexibility index (Phi) is 5.76. The molecule has 1 nitrogen and oxygen atoms in total. The number of hydrogen-bond donors (Lipinski definition) is 0. The van der Waals surface area contributed by atoms with Gasteiger partial charge in [0.2, 0.25) is 0 Å². The van der Waals surface area contributed by atoms with Gasteiger partial charge in [-0.05, 0) is 23.8 Å². The van der Waals surface area contributed by atoms with E-state index in [2.05, 4.69) is 36.6 Å². The van der Waals surface area contributed by atoms with Gasteiger partial charge in [-0.15, -0.1) is 11.6 Å². The molecule has 0 saturated heterocycles. The lowest BCUT2D eigenvalue weighted by atomic mass is 10.1. The highest BCUT2D eigenvalue weighted by atomic mass is 79.9. The fraction of sp³-hybridized carbons (Fsp3) is 0.400. The Hall–Kier alpha value is 0.220. The molecule has 0 spiro atoms. The van der Waals surface area contributed by atoms with Crippen LogP contribution in [0.25, 0.3) is 0 Å². The van der Waals surface area contributed by atoms with Crippen LogP contribution in [0.2, 0.25) is 0 Å². The van der Waals surface area contributed by atoms with Crippen molar-refractivity contribution >= 4 is 43.5 Å². The van der Waals surface area contributed by atoms with E-state index in [9.17, 15) is 13.2 Å². The van der Waals surface area contributed by atoms with E-state index < -0.39 is 18.2 Å². The van der Waals surface area contributed by atoms with E-state index in [4.69, 9.17) is 11.6 Å². The lowest BCUT2D eigenvalue weighted by molar-refractivity contribution is -0.173. The van der Waals surface area contributed by atoms with Gasteiger partial charge in [-0.1, -0.05) is 31.9 Å². The Labute approximate surface area is 119 Å². The largest absolute Gasteiger partial charge is 0.411 e. The minimum Gasteiger partial charge on any atom is -0.370 e. The van der Waals surface area contributed by atoms with Crippen LogP contribution in [0.15, 0.2) is 27.1 Å². The van der Waals surface area contributed by atoms with Crippen LogP contribution in [-0.2, 0) is 4.74 Å². The van der Waals surface area contributed by atoms with Crippen LogP contribution in [0.3, 0.4) is 0 Å². The van der Waals surface area contributed by atoms with Crippen molar-refractivity contribution in [3.8, 4) is 0 Å². The van der Waals surface area contributed by atoms with Gasteiger partial charge in [-0.25, -0.2) is 0 Å². The van der Waals surface area contributed by atoms with Gasteiger partial charge < -0.3 is 4.74 Å². The molecule has 0 fully saturated rings. The molecule has 17 heavy (non-hydrogen) atoms. The first-order valence-corrected chi connectivity index (χ1v) is 6.55. The number of rotatable bonds is 4. The van der Waals surface area contributed by atoms with E-state index in [0.717, 1.165) is 8.95 Å². The Bertz CT molecular complexity index is 384. The summed E-state index contributed by atoms with van der Waals surface area (Å²) in [5, 5.41) is -0.635. The Morgan fingerprint density at radius 1 is 1.29 bits per heavy atom. The first-order valence-electron chi connectivity index (χ1n) is 4.53. The molecule has 0 aromatic heterocycles. The highest BCUT2D eigenvalue weighted by Crippen LogP contribution is 2.31. The van der Waals surface area contributed by atoms with E-state index in [-0.39, 0.29) is 6.61 Å². The molecule has 1 rings (SSSR count). The summed E-state index contributed by atoms with van der Waals surface area (Å²) in [5.74, 6) is 0. The quantitative estimate of drug-likeness (QED) is 0.646. The number of benzene rings is 1. The first kappa shape index (κ1) is 15.3. The molecule has 0 saturated carbocycles. The molecule has 7 heteroatoms. The van der Waals surface area contributed by atoms with Crippen molar-refractivity contribution < 1.29 is 17.9 Å². The molecule has 0 aliphatic carbocycles. The molecule has 1 aromatic carbocycles. The van der Waals surface area contributed by atoms with Crippen molar-refractivity contribution in [3.05, 3.63) is 32.7 Å². The van der Waals surface area contributed by atoms with Gasteiger partial charge in [-0.3, -0.25) is 0 Å². The normalized spacial score (nSPS) is 13.8. The van der Waals surface area contributed by atoms with Gasteiger partial charge in [0.1, 0.15) is 6.61 Å². The lowest BCUT2D eigenvalue weighted by Crippen LogP contribution is -2.18. The highest BCUT2D eigenvalue weighted by Gasteiger charge is 2.28. The smallest absolute Gasteiger partial charge is 0.370 e. The molecule has 0 radical (unpaired) electrons. The maximum atomic E-state index is 11.9. The molecule has 0 aliphatic heterocycles. The second kappa shape index (κ2) is 6.41. The predicted molar refractivity (Wildman–Crippen MR) is 67.3 cm³/mol. The van der Waals surface area contributed by atoms with Gasteiger partial charge in [0.05, 0.1) is 12.0 Å². The van der Waals surface area contributed by atoms with Gasteiger partial charge >= 0.3 is 6.18 Å². The zero-order valence-electron chi connectivity index (χ0n) is 8.40. The summed E-state index contributed by atoms with van der Waals surface area (Å²) in [6, 6.07) is 5.30. The van der Waals surface area contributed by atoms with Crippen LogP contribution < -0.4 is 0 Å². The van der Waals surface area contributed by atoms with Crippen LogP contribution in [0, 0.1) is 0 Å². The van der Waals surface area contributed by atoms with Gasteiger partial charge in [0.15, 0.2) is 0 Å². The minimum atomic E-state index is -4.33. The number of halogens is 6. The summed E-state index contributed by atoms with van der Waals surface area (Å²) < 4.78 is 41.7. The van der Waals surface area contributed by atoms with Crippen molar-refractivity contribution in [2.24, 2.45) is 0 Å². The molecule has 96 valence electrons. The fourth-order valence-corrected chi connectivity index (χ4v) is 2.43. The molecule has 0 bridgehead atoms. The Balaban J connectivity index is 2.58. The predicted octanol–water partition coefficient (Wildman–Crippen LogP) is 5.07. The molecular weight excluding hydrogens is 388 g/mol. The molecule has 0 N–H and O–H groups in total. The number of ether oxygens (including phenoxy) is 1. The summed E-state index contributed by atoms with van der Waals surface area (Å²) in [7, 11) is 0. The molecule has 0 amide bonds. The number of hydrogen-bond acceptors (Lipinski definition) is 1. The molecule has 1 unspecified atom stereocenters. The van der Waals surface area contributed by atoms with E-state index in [1.165, 1.54) is 0 Å². The third-order valence-electron chi connectivity index (χ3n) is 1.83. The summed E-state index contributed by atoms with van der Waals surface area (Å²) in [4.78, 5) is 0. The van der Waals surface area contributed by atoms with Gasteiger partial charge in [-0.2, -0.15) is 13.2 Å². The average Bonchev–Trinajstić information content (AvgIpc) is 2.19. The molecule has 1 aromatic rings. The summed E-state index contributed by atoms with van der Waals surface area (Å²) >= 11 is 12.5. The Morgan fingerprint density at radius 2 is 1.94 bits per heavy atom. The maximum Gasteiger partial charge on any atom is 0.411 e. The van der Waals surface area contributed by atoms with Crippen LogP contribution in [0.1, 0.15) is 10.9 Å². The Morgan fingerprint density at radius 3 is 2.53 bits per heavy atom. The molecule has 0 heterocycles. The second-order valence-electron chi connectivity index (χ2n) is 3.26. The summed E-state index contributed by atoms with van der Waals surface area (Å²) in [6.45, 7) is -1.49. The van der Waals surface area contributed by atoms with Crippen LogP contribution in [-0.4, -0.2) is 19.4 Å². The lowest BCUT2D eigenvalue weighted by Gasteiger charge is -2.14. The van der Waals surface area contributed by atoms with Crippen molar-refractivity contribution in [2.75, 3.05) is 13.2 Å². The third-order valence-corrected chi connectivity index (χ3v) is 3.40. The van der Waals surface area contributed by atoms with Gasteiger partial charge in [0, 0.05) is 8.95 Å². The second-order valence-corrected chi connectivity index (χ2v) is 5.56. The molecular formula is C10H8Br2ClF3O. The third kappa shape index (κ3) is 5.59. The maximum absolute atomic E-state index is 11.9. The van der Waals surface area contributed by atoms with Crippen LogP contribution in [0.4, 0.5) is 13.2 Å². The SMILES string of the molecule is FC(F)(F)COCC(Cl)c1cc(Br)ccc1Br. The van der Waals surface area contributed by atoms with E-state index in [0.29, 0.717) is 5.56 Å². The number of alkyl halides is 4. The summed E-state index contributed by atoms with van der Waals surface area (Å²) in [6.07, 6.45) is -4.33. The first-order chi connectivity index (χ1) is 7.79. The monoisotopic (exact) mass is 394 g/mol. The highest BCUT2D eigenvalue weighted by molar-refractivity contribution is 9.11. The van der Waals surface area contributed by atoms with Crippen molar-refractivity contribution in [2.45, 2.75) is 11.6 Å². The minimum absolute atomic E-state index is 0.198. The average molecular weight is 396 g/mol. The standard InChI is InChI=1S/C10H8Br2ClF3O/c11-6-1-2-8(12)7(3-6)9(13)4-17-5-10(14,15)16/h1-3,9H,4-5H2.